The van der Waals surface area contributed by atoms with Gasteiger partial charge in [0.2, 0.25) is 0 Å². The second-order valence-electron chi connectivity index (χ2n) is 4.58. The van der Waals surface area contributed by atoms with Crippen LogP contribution in [0.4, 0.5) is 5.69 Å². The van der Waals surface area contributed by atoms with Crippen molar-refractivity contribution in [2.45, 2.75) is 26.2 Å². The maximum Gasteiger partial charge on any atom is 0.253 e. The van der Waals surface area contributed by atoms with Crippen LogP contribution in [0.2, 0.25) is 0 Å². The number of hydrogen-bond acceptors (Lipinski definition) is 3. The summed E-state index contributed by atoms with van der Waals surface area (Å²) < 4.78 is 0. The quantitative estimate of drug-likeness (QED) is 0.597. The summed E-state index contributed by atoms with van der Waals surface area (Å²) in [5.41, 5.74) is 8.06. The zero-order valence-electron chi connectivity index (χ0n) is 11.1. The SMILES string of the molecule is Cc1ccc(C(=O)N(C)CCCCCO)cc1N. The highest BCUT2D eigenvalue weighted by Crippen LogP contribution is 2.14. The first kappa shape index (κ1) is 14.5. The van der Waals surface area contributed by atoms with E-state index in [0.717, 1.165) is 24.8 Å². The van der Waals surface area contributed by atoms with Crippen LogP contribution in [0.1, 0.15) is 35.2 Å². The van der Waals surface area contributed by atoms with Crippen molar-refractivity contribution in [2.75, 3.05) is 25.9 Å². The lowest BCUT2D eigenvalue weighted by Gasteiger charge is -2.17. The number of aliphatic hydroxyl groups excluding tert-OH is 1. The van der Waals surface area contributed by atoms with E-state index in [2.05, 4.69) is 0 Å². The Morgan fingerprint density at radius 2 is 2.06 bits per heavy atom. The lowest BCUT2D eigenvalue weighted by Crippen LogP contribution is -2.27. The number of benzene rings is 1. The van der Waals surface area contributed by atoms with Gasteiger partial charge in [-0.2, -0.15) is 0 Å². The van der Waals surface area contributed by atoms with Gasteiger partial charge >= 0.3 is 0 Å². The zero-order chi connectivity index (χ0) is 13.5. The molecule has 0 aliphatic carbocycles. The van der Waals surface area contributed by atoms with E-state index < -0.39 is 0 Å². The molecule has 0 unspecified atom stereocenters. The average molecular weight is 250 g/mol. The van der Waals surface area contributed by atoms with Crippen molar-refractivity contribution in [1.82, 2.24) is 4.90 Å². The van der Waals surface area contributed by atoms with Crippen LogP contribution in [-0.4, -0.2) is 36.1 Å². The number of amides is 1. The Morgan fingerprint density at radius 1 is 1.33 bits per heavy atom. The fourth-order valence-electron chi connectivity index (χ4n) is 1.73. The maximum atomic E-state index is 12.1. The van der Waals surface area contributed by atoms with Gasteiger partial charge in [-0.15, -0.1) is 0 Å². The molecule has 1 aromatic rings. The van der Waals surface area contributed by atoms with E-state index in [1.165, 1.54) is 0 Å². The Morgan fingerprint density at radius 3 is 2.67 bits per heavy atom. The molecule has 0 saturated carbocycles. The van der Waals surface area contributed by atoms with Gasteiger partial charge < -0.3 is 15.7 Å². The Kier molecular flexibility index (Phi) is 5.65. The summed E-state index contributed by atoms with van der Waals surface area (Å²) in [6.07, 6.45) is 2.63. The fraction of sp³-hybridized carbons (Fsp3) is 0.500. The van der Waals surface area contributed by atoms with Gasteiger partial charge in [-0.05, 0) is 43.9 Å². The Bertz CT molecular complexity index is 405. The number of hydrogen-bond donors (Lipinski definition) is 2. The van der Waals surface area contributed by atoms with Crippen LogP contribution < -0.4 is 5.73 Å². The second kappa shape index (κ2) is 7.01. The minimum Gasteiger partial charge on any atom is -0.398 e. The standard InChI is InChI=1S/C14H22N2O2/c1-11-6-7-12(10-13(11)15)14(18)16(2)8-4-3-5-9-17/h6-7,10,17H,3-5,8-9,15H2,1-2H3. The van der Waals surface area contributed by atoms with Crippen molar-refractivity contribution in [3.63, 3.8) is 0 Å². The molecule has 18 heavy (non-hydrogen) atoms. The van der Waals surface area contributed by atoms with Crippen LogP contribution in [0.3, 0.4) is 0 Å². The number of nitrogen functional groups attached to an aromatic ring is 1. The molecule has 0 saturated heterocycles. The molecule has 0 aliphatic rings. The summed E-state index contributed by atoms with van der Waals surface area (Å²) in [6, 6.07) is 5.39. The van der Waals surface area contributed by atoms with Gasteiger partial charge in [0, 0.05) is 31.5 Å². The molecule has 0 fully saturated rings. The molecule has 0 radical (unpaired) electrons. The van der Waals surface area contributed by atoms with E-state index in [0.29, 0.717) is 17.8 Å². The van der Waals surface area contributed by atoms with Crippen LogP contribution >= 0.6 is 0 Å². The number of nitrogens with two attached hydrogens (primary N) is 1. The second-order valence-corrected chi connectivity index (χ2v) is 4.58. The molecule has 0 heterocycles. The molecule has 1 aromatic carbocycles. The molecule has 0 atom stereocenters. The van der Waals surface area contributed by atoms with Crippen LogP contribution in [0.15, 0.2) is 18.2 Å². The number of nitrogens with zero attached hydrogens (tertiary/aromatic N) is 1. The van der Waals surface area contributed by atoms with Gasteiger partial charge in [0.1, 0.15) is 0 Å². The van der Waals surface area contributed by atoms with Crippen molar-refractivity contribution in [2.24, 2.45) is 0 Å². The average Bonchev–Trinajstić information content (AvgIpc) is 2.37. The summed E-state index contributed by atoms with van der Waals surface area (Å²) in [5.74, 6) is -0.00861. The number of aliphatic hydroxyl groups is 1. The minimum atomic E-state index is -0.00861. The number of aryl methyl sites for hydroxylation is 1. The van der Waals surface area contributed by atoms with E-state index in [1.54, 1.807) is 24.1 Å². The normalized spacial score (nSPS) is 10.4. The molecule has 4 heteroatoms. The van der Waals surface area contributed by atoms with Gasteiger partial charge in [-0.1, -0.05) is 6.07 Å². The third-order valence-electron chi connectivity index (χ3n) is 3.02. The van der Waals surface area contributed by atoms with Crippen molar-refractivity contribution in [3.8, 4) is 0 Å². The van der Waals surface area contributed by atoms with Crippen LogP contribution in [0, 0.1) is 6.92 Å². The highest BCUT2D eigenvalue weighted by atomic mass is 16.2. The molecule has 0 spiro atoms. The predicted octanol–water partition coefficient (Wildman–Crippen LogP) is 1.81. The van der Waals surface area contributed by atoms with Crippen molar-refractivity contribution in [1.29, 1.82) is 0 Å². The Balaban J connectivity index is 2.54. The molecule has 0 bridgehead atoms. The third kappa shape index (κ3) is 4.04. The molecular weight excluding hydrogens is 228 g/mol. The lowest BCUT2D eigenvalue weighted by atomic mass is 10.1. The lowest BCUT2D eigenvalue weighted by molar-refractivity contribution is 0.0792. The van der Waals surface area contributed by atoms with E-state index >= 15 is 0 Å². The molecule has 4 nitrogen and oxygen atoms in total. The Labute approximate surface area is 108 Å². The number of carbonyl (C=O) groups is 1. The number of carbonyl (C=O) groups excluding carboxylic acids is 1. The summed E-state index contributed by atoms with van der Waals surface area (Å²) in [6.45, 7) is 2.83. The first-order valence-corrected chi connectivity index (χ1v) is 6.28. The summed E-state index contributed by atoms with van der Waals surface area (Å²) in [4.78, 5) is 13.8. The minimum absolute atomic E-state index is 0.00861. The van der Waals surface area contributed by atoms with Crippen LogP contribution in [0.5, 0.6) is 0 Å². The number of anilines is 1. The number of rotatable bonds is 6. The molecule has 100 valence electrons. The van der Waals surface area contributed by atoms with Gasteiger partial charge in [0.15, 0.2) is 0 Å². The molecule has 3 N–H and O–H groups in total. The molecule has 1 amide bonds. The monoisotopic (exact) mass is 250 g/mol. The third-order valence-corrected chi connectivity index (χ3v) is 3.02. The zero-order valence-corrected chi connectivity index (χ0v) is 11.1. The fourth-order valence-corrected chi connectivity index (χ4v) is 1.73. The van der Waals surface area contributed by atoms with Crippen LogP contribution in [0.25, 0.3) is 0 Å². The van der Waals surface area contributed by atoms with E-state index in [-0.39, 0.29) is 12.5 Å². The van der Waals surface area contributed by atoms with E-state index in [4.69, 9.17) is 10.8 Å². The highest BCUT2D eigenvalue weighted by Gasteiger charge is 2.11. The predicted molar refractivity (Wildman–Crippen MR) is 73.5 cm³/mol. The maximum absolute atomic E-state index is 12.1. The van der Waals surface area contributed by atoms with Gasteiger partial charge in [0.25, 0.3) is 5.91 Å². The summed E-state index contributed by atoms with van der Waals surface area (Å²) in [5, 5.41) is 8.68. The van der Waals surface area contributed by atoms with E-state index in [1.807, 2.05) is 13.0 Å². The van der Waals surface area contributed by atoms with Gasteiger partial charge in [0.05, 0.1) is 0 Å². The first-order valence-electron chi connectivity index (χ1n) is 6.28. The van der Waals surface area contributed by atoms with Crippen molar-refractivity contribution >= 4 is 11.6 Å². The van der Waals surface area contributed by atoms with Crippen molar-refractivity contribution < 1.29 is 9.90 Å². The molecular formula is C14H22N2O2. The van der Waals surface area contributed by atoms with Gasteiger partial charge in [-0.25, -0.2) is 0 Å². The van der Waals surface area contributed by atoms with Gasteiger partial charge in [-0.3, -0.25) is 4.79 Å². The van der Waals surface area contributed by atoms with Crippen molar-refractivity contribution in [3.05, 3.63) is 29.3 Å². The largest absolute Gasteiger partial charge is 0.398 e. The molecule has 1 rings (SSSR count). The molecule has 0 aromatic heterocycles. The Hall–Kier alpha value is -1.55. The summed E-state index contributed by atoms with van der Waals surface area (Å²) >= 11 is 0. The first-order chi connectivity index (χ1) is 8.56. The topological polar surface area (TPSA) is 66.6 Å². The van der Waals surface area contributed by atoms with Crippen LogP contribution in [-0.2, 0) is 0 Å². The van der Waals surface area contributed by atoms with E-state index in [9.17, 15) is 4.79 Å². The highest BCUT2D eigenvalue weighted by molar-refractivity contribution is 5.95. The molecule has 0 aliphatic heterocycles. The summed E-state index contributed by atoms with van der Waals surface area (Å²) in [7, 11) is 1.79. The smallest absolute Gasteiger partial charge is 0.253 e. The number of unbranched alkanes of at least 4 members (excludes halogenated alkanes) is 2.